The molecule has 0 unspecified atom stereocenters. The average Bonchev–Trinajstić information content (AvgIpc) is 3.52. The third kappa shape index (κ3) is 7.36. The van der Waals surface area contributed by atoms with Gasteiger partial charge in [-0.05, 0) is 30.3 Å². The highest BCUT2D eigenvalue weighted by atomic mass is 19.4. The maximum absolute atomic E-state index is 14.9. The molecule has 11 nitrogen and oxygen atoms in total. The van der Waals surface area contributed by atoms with E-state index >= 15 is 0 Å². The minimum absolute atomic E-state index is 0.0188. The molecule has 1 aliphatic rings. The van der Waals surface area contributed by atoms with Crippen molar-refractivity contribution >= 4 is 23.2 Å². The van der Waals surface area contributed by atoms with Crippen LogP contribution >= 0.6 is 0 Å². The number of benzene rings is 2. The van der Waals surface area contributed by atoms with Gasteiger partial charge in [-0.25, -0.2) is 4.98 Å². The van der Waals surface area contributed by atoms with Crippen molar-refractivity contribution in [1.29, 1.82) is 0 Å². The predicted molar refractivity (Wildman–Crippen MR) is 151 cm³/mol. The van der Waals surface area contributed by atoms with Crippen molar-refractivity contribution in [3.63, 3.8) is 0 Å². The Kier molecular flexibility index (Phi) is 9.13. The molecular weight excluding hydrogens is 624 g/mol. The standard InChI is InChI=1S/C29H25F6N7O4/c1-41(27(44)29(33,34)35)14-18-15-42(12-11-36-18)24-20(39-25(43)21-16-45-26(40-21)17-9-10-37-38-13-17)7-8-22(23(24)28(30,31)32)46-19-5-3-2-4-6-19/h2-10,13,16,18,36H,11-12,14-15H2,1H3,(H,39,43)/t18-/m0/s1. The summed E-state index contributed by atoms with van der Waals surface area (Å²) in [7, 11) is 0.950. The molecule has 0 spiro atoms. The monoisotopic (exact) mass is 649 g/mol. The fourth-order valence-corrected chi connectivity index (χ4v) is 4.87. The van der Waals surface area contributed by atoms with Gasteiger partial charge in [0.2, 0.25) is 5.89 Å². The van der Waals surface area contributed by atoms with Gasteiger partial charge in [0.25, 0.3) is 5.91 Å². The molecule has 1 fully saturated rings. The first-order chi connectivity index (χ1) is 21.8. The van der Waals surface area contributed by atoms with Crippen LogP contribution in [-0.4, -0.2) is 77.3 Å². The number of piperazine rings is 1. The fourth-order valence-electron chi connectivity index (χ4n) is 4.87. The quantitative estimate of drug-likeness (QED) is 0.254. The number of nitrogens with one attached hydrogen (secondary N) is 2. The molecule has 4 aromatic rings. The van der Waals surface area contributed by atoms with Gasteiger partial charge in [-0.2, -0.15) is 36.5 Å². The van der Waals surface area contributed by atoms with E-state index in [0.29, 0.717) is 10.5 Å². The van der Waals surface area contributed by atoms with Crippen LogP contribution in [0.15, 0.2) is 71.6 Å². The number of ether oxygens (including phenoxy) is 1. The lowest BCUT2D eigenvalue weighted by Gasteiger charge is -2.39. The summed E-state index contributed by atoms with van der Waals surface area (Å²) in [6.07, 6.45) is -6.40. The Morgan fingerprint density at radius 1 is 1.09 bits per heavy atom. The summed E-state index contributed by atoms with van der Waals surface area (Å²) < 4.78 is 94.6. The van der Waals surface area contributed by atoms with Gasteiger partial charge in [-0.3, -0.25) is 9.59 Å². The number of hydrogen-bond donors (Lipinski definition) is 2. The summed E-state index contributed by atoms with van der Waals surface area (Å²) in [4.78, 5) is 30.8. The molecule has 2 aromatic heterocycles. The Balaban J connectivity index is 1.52. The zero-order valence-corrected chi connectivity index (χ0v) is 23.9. The number of halogens is 6. The van der Waals surface area contributed by atoms with E-state index in [4.69, 9.17) is 9.15 Å². The number of alkyl halides is 6. The largest absolute Gasteiger partial charge is 0.471 e. The highest BCUT2D eigenvalue weighted by Gasteiger charge is 2.43. The number of para-hydroxylation sites is 1. The van der Waals surface area contributed by atoms with Gasteiger partial charge in [-0.1, -0.05) is 18.2 Å². The van der Waals surface area contributed by atoms with E-state index in [0.717, 1.165) is 19.4 Å². The third-order valence-corrected chi connectivity index (χ3v) is 6.87. The maximum Gasteiger partial charge on any atom is 0.471 e. The first-order valence-electron chi connectivity index (χ1n) is 13.6. The number of aromatic nitrogens is 3. The number of rotatable bonds is 8. The molecule has 46 heavy (non-hydrogen) atoms. The van der Waals surface area contributed by atoms with Crippen LogP contribution in [0.4, 0.5) is 37.7 Å². The number of carbonyl (C=O) groups is 2. The molecule has 242 valence electrons. The van der Waals surface area contributed by atoms with Gasteiger partial charge in [0.05, 0.1) is 29.3 Å². The van der Waals surface area contributed by atoms with Crippen molar-refractivity contribution in [1.82, 2.24) is 25.4 Å². The number of oxazole rings is 1. The number of likely N-dealkylation sites (N-methyl/N-ethyl adjacent to an activating group) is 1. The Hall–Kier alpha value is -5.19. The predicted octanol–water partition coefficient (Wildman–Crippen LogP) is 4.99. The molecule has 2 amide bonds. The van der Waals surface area contributed by atoms with E-state index in [1.165, 1.54) is 41.6 Å². The molecule has 17 heteroatoms. The highest BCUT2D eigenvalue weighted by Crippen LogP contribution is 2.48. The SMILES string of the molecule is CN(C[C@H]1CN(c2c(NC(=O)c3coc(-c4ccnnc4)n3)ccc(Oc3ccccc3)c2C(F)(F)F)CCN1)C(=O)C(F)(F)F. The Bertz CT molecular complexity index is 1680. The van der Waals surface area contributed by atoms with Gasteiger partial charge in [0.1, 0.15) is 23.3 Å². The van der Waals surface area contributed by atoms with Crippen LogP contribution < -0.4 is 20.3 Å². The molecule has 0 saturated carbocycles. The summed E-state index contributed by atoms with van der Waals surface area (Å²) in [6.45, 7) is -0.680. The smallest absolute Gasteiger partial charge is 0.457 e. The second kappa shape index (κ2) is 13.0. The highest BCUT2D eigenvalue weighted by molar-refractivity contribution is 6.05. The van der Waals surface area contributed by atoms with Crippen molar-refractivity contribution in [3.8, 4) is 23.0 Å². The van der Waals surface area contributed by atoms with Crippen molar-refractivity contribution < 1.29 is 45.1 Å². The molecule has 2 aromatic carbocycles. The van der Waals surface area contributed by atoms with Crippen LogP contribution in [0.5, 0.6) is 11.5 Å². The van der Waals surface area contributed by atoms with Crippen LogP contribution in [0.25, 0.3) is 11.5 Å². The van der Waals surface area contributed by atoms with Crippen molar-refractivity contribution in [2.24, 2.45) is 0 Å². The van der Waals surface area contributed by atoms with Crippen LogP contribution in [0.1, 0.15) is 16.1 Å². The number of hydrogen-bond acceptors (Lipinski definition) is 9. The van der Waals surface area contributed by atoms with E-state index in [9.17, 15) is 35.9 Å². The zero-order chi connectivity index (χ0) is 33.1. The van der Waals surface area contributed by atoms with E-state index in [2.05, 4.69) is 25.8 Å². The lowest BCUT2D eigenvalue weighted by atomic mass is 10.0. The summed E-state index contributed by atoms with van der Waals surface area (Å²) in [5, 5.41) is 12.8. The second-order valence-corrected chi connectivity index (χ2v) is 10.2. The number of anilines is 2. The van der Waals surface area contributed by atoms with E-state index < -0.39 is 53.8 Å². The average molecular weight is 650 g/mol. The first kappa shape index (κ1) is 32.2. The molecule has 1 saturated heterocycles. The normalized spacial score (nSPS) is 15.4. The minimum atomic E-state index is -5.12. The van der Waals surface area contributed by atoms with Crippen LogP contribution in [-0.2, 0) is 11.0 Å². The number of nitrogens with zero attached hydrogens (tertiary/aromatic N) is 5. The summed E-state index contributed by atoms with van der Waals surface area (Å²) in [5.41, 5.74) is -1.82. The van der Waals surface area contributed by atoms with Crippen molar-refractivity contribution in [3.05, 3.63) is 78.4 Å². The molecular formula is C29H25F6N7O4. The lowest BCUT2D eigenvalue weighted by molar-refractivity contribution is -0.184. The molecule has 2 N–H and O–H groups in total. The topological polar surface area (TPSA) is 126 Å². The van der Waals surface area contributed by atoms with Gasteiger partial charge < -0.3 is 29.6 Å². The van der Waals surface area contributed by atoms with Gasteiger partial charge in [-0.15, -0.1) is 0 Å². The fraction of sp³-hybridized carbons (Fsp3) is 0.276. The Morgan fingerprint density at radius 3 is 2.52 bits per heavy atom. The lowest BCUT2D eigenvalue weighted by Crippen LogP contribution is -2.56. The summed E-state index contributed by atoms with van der Waals surface area (Å²) >= 11 is 0. The molecule has 0 bridgehead atoms. The Labute approximate surface area is 257 Å². The van der Waals surface area contributed by atoms with Gasteiger partial charge >= 0.3 is 18.3 Å². The molecule has 0 radical (unpaired) electrons. The number of carbonyl (C=O) groups excluding carboxylic acids is 2. The van der Waals surface area contributed by atoms with E-state index in [1.807, 2.05) is 0 Å². The van der Waals surface area contributed by atoms with E-state index in [-0.39, 0.29) is 42.7 Å². The van der Waals surface area contributed by atoms with E-state index in [1.54, 1.807) is 18.2 Å². The first-order valence-corrected chi connectivity index (χ1v) is 13.6. The molecule has 5 rings (SSSR count). The summed E-state index contributed by atoms with van der Waals surface area (Å²) in [6, 6.07) is 10.7. The van der Waals surface area contributed by atoms with Gasteiger partial charge in [0, 0.05) is 39.3 Å². The zero-order valence-electron chi connectivity index (χ0n) is 23.9. The maximum atomic E-state index is 14.9. The second-order valence-electron chi connectivity index (χ2n) is 10.2. The van der Waals surface area contributed by atoms with Crippen molar-refractivity contribution in [2.75, 3.05) is 43.4 Å². The summed E-state index contributed by atoms with van der Waals surface area (Å²) in [5.74, 6) is -3.43. The third-order valence-electron chi connectivity index (χ3n) is 6.87. The van der Waals surface area contributed by atoms with Crippen molar-refractivity contribution in [2.45, 2.75) is 18.4 Å². The number of amides is 2. The molecule has 3 heterocycles. The Morgan fingerprint density at radius 2 is 1.85 bits per heavy atom. The molecule has 1 aliphatic heterocycles. The minimum Gasteiger partial charge on any atom is -0.457 e. The van der Waals surface area contributed by atoms with Crippen LogP contribution in [0, 0.1) is 0 Å². The van der Waals surface area contributed by atoms with Crippen LogP contribution in [0.2, 0.25) is 0 Å². The molecule has 1 atom stereocenters. The van der Waals surface area contributed by atoms with Gasteiger partial charge in [0.15, 0.2) is 5.69 Å². The van der Waals surface area contributed by atoms with Crippen LogP contribution in [0.3, 0.4) is 0 Å². The molecule has 0 aliphatic carbocycles.